The summed E-state index contributed by atoms with van der Waals surface area (Å²) in [7, 11) is 1.84. The molecule has 0 aliphatic carbocycles. The zero-order valence-electron chi connectivity index (χ0n) is 12.7. The summed E-state index contributed by atoms with van der Waals surface area (Å²) in [5.41, 5.74) is 1.86. The van der Waals surface area contributed by atoms with Crippen molar-refractivity contribution in [2.75, 3.05) is 25.9 Å². The summed E-state index contributed by atoms with van der Waals surface area (Å²) in [5.74, 6) is 2.13. The highest BCUT2D eigenvalue weighted by atomic mass is 32.2. The first-order chi connectivity index (χ1) is 10.3. The topological polar surface area (TPSA) is 51.4 Å². The predicted molar refractivity (Wildman–Crippen MR) is 89.5 cm³/mol. The van der Waals surface area contributed by atoms with Gasteiger partial charge in [0.2, 0.25) is 0 Å². The minimum Gasteiger partial charge on any atom is -0.352 e. The van der Waals surface area contributed by atoms with Crippen molar-refractivity contribution >= 4 is 17.7 Å². The van der Waals surface area contributed by atoms with E-state index in [1.165, 1.54) is 6.42 Å². The second-order valence-corrected chi connectivity index (χ2v) is 6.46. The highest BCUT2D eigenvalue weighted by Crippen LogP contribution is 2.21. The maximum atomic E-state index is 8.81. The number of nitrogens with zero attached hydrogens (tertiary/aromatic N) is 3. The van der Waals surface area contributed by atoms with Crippen LogP contribution in [0.2, 0.25) is 0 Å². The van der Waals surface area contributed by atoms with Crippen LogP contribution in [-0.2, 0) is 6.54 Å². The lowest BCUT2D eigenvalue weighted by Gasteiger charge is -2.34. The first-order valence-electron chi connectivity index (χ1n) is 7.33. The van der Waals surface area contributed by atoms with E-state index in [-0.39, 0.29) is 0 Å². The lowest BCUT2D eigenvalue weighted by Crippen LogP contribution is -2.47. The van der Waals surface area contributed by atoms with Gasteiger partial charge >= 0.3 is 0 Å². The fourth-order valence-electron chi connectivity index (χ4n) is 2.37. The molecule has 0 saturated carbocycles. The summed E-state index contributed by atoms with van der Waals surface area (Å²) >= 11 is 2.06. The largest absolute Gasteiger partial charge is 0.352 e. The van der Waals surface area contributed by atoms with Crippen molar-refractivity contribution in [3.63, 3.8) is 0 Å². The summed E-state index contributed by atoms with van der Waals surface area (Å²) in [6.45, 7) is 5.09. The molecule has 1 aliphatic rings. The van der Waals surface area contributed by atoms with E-state index >= 15 is 0 Å². The normalized spacial score (nSPS) is 19.2. The van der Waals surface area contributed by atoms with Crippen molar-refractivity contribution in [1.82, 2.24) is 10.2 Å². The Hall–Kier alpha value is -1.67. The fourth-order valence-corrected chi connectivity index (χ4v) is 3.55. The Labute approximate surface area is 131 Å². The van der Waals surface area contributed by atoms with E-state index in [0.717, 1.165) is 36.9 Å². The highest BCUT2D eigenvalue weighted by Gasteiger charge is 2.21. The molecular formula is C16H22N4S. The molecule has 0 bridgehead atoms. The fraction of sp³-hybridized carbons (Fsp3) is 0.500. The number of thioether (sulfide) groups is 1. The van der Waals surface area contributed by atoms with Gasteiger partial charge in [-0.15, -0.1) is 0 Å². The molecule has 1 aromatic carbocycles. The monoisotopic (exact) mass is 302 g/mol. The summed E-state index contributed by atoms with van der Waals surface area (Å²) < 4.78 is 0. The molecule has 1 aliphatic heterocycles. The van der Waals surface area contributed by atoms with Gasteiger partial charge in [-0.25, -0.2) is 0 Å². The van der Waals surface area contributed by atoms with Crippen LogP contribution in [0.5, 0.6) is 0 Å². The van der Waals surface area contributed by atoms with Gasteiger partial charge in [0.05, 0.1) is 11.6 Å². The Morgan fingerprint density at radius 2 is 2.24 bits per heavy atom. The summed E-state index contributed by atoms with van der Waals surface area (Å²) in [5, 5.41) is 12.9. The van der Waals surface area contributed by atoms with Crippen LogP contribution in [0, 0.1) is 11.3 Å². The molecule has 1 fully saturated rings. The smallest absolute Gasteiger partial charge is 0.193 e. The standard InChI is InChI=1S/C16H22N4S/c1-3-15-12-20(8-9-21-15)16(18-2)19-11-14-6-4-13(10-17)5-7-14/h4-7,15H,3,8-9,11-12H2,1-2H3,(H,18,19). The van der Waals surface area contributed by atoms with Gasteiger partial charge in [0.15, 0.2) is 5.96 Å². The van der Waals surface area contributed by atoms with Gasteiger partial charge < -0.3 is 10.2 Å². The molecule has 0 spiro atoms. The number of aliphatic imine (C=N–C) groups is 1. The molecule has 2 rings (SSSR count). The highest BCUT2D eigenvalue weighted by molar-refractivity contribution is 8.00. The van der Waals surface area contributed by atoms with E-state index in [4.69, 9.17) is 5.26 Å². The molecule has 0 amide bonds. The van der Waals surface area contributed by atoms with Gasteiger partial charge in [-0.2, -0.15) is 17.0 Å². The molecular weight excluding hydrogens is 280 g/mol. The van der Waals surface area contributed by atoms with E-state index in [0.29, 0.717) is 10.8 Å². The number of benzene rings is 1. The molecule has 1 unspecified atom stereocenters. The van der Waals surface area contributed by atoms with Gasteiger partial charge in [-0.1, -0.05) is 19.1 Å². The number of hydrogen-bond acceptors (Lipinski definition) is 3. The van der Waals surface area contributed by atoms with Crippen molar-refractivity contribution in [1.29, 1.82) is 5.26 Å². The second kappa shape index (κ2) is 7.94. The number of hydrogen-bond donors (Lipinski definition) is 1. The number of rotatable bonds is 3. The van der Waals surface area contributed by atoms with Crippen molar-refractivity contribution in [2.45, 2.75) is 25.1 Å². The van der Waals surface area contributed by atoms with Crippen molar-refractivity contribution in [2.24, 2.45) is 4.99 Å². The Bertz CT molecular complexity index is 518. The minimum atomic E-state index is 0.696. The van der Waals surface area contributed by atoms with Gasteiger partial charge in [0.25, 0.3) is 0 Å². The SMILES string of the molecule is CCC1CN(C(=NC)NCc2ccc(C#N)cc2)CCS1. The maximum Gasteiger partial charge on any atom is 0.193 e. The molecule has 21 heavy (non-hydrogen) atoms. The van der Waals surface area contributed by atoms with Crippen LogP contribution in [0.3, 0.4) is 0 Å². The van der Waals surface area contributed by atoms with Crippen LogP contribution in [0.4, 0.5) is 0 Å². The van der Waals surface area contributed by atoms with Gasteiger partial charge in [0, 0.05) is 37.7 Å². The number of nitrogens with one attached hydrogen (secondary N) is 1. The number of guanidine groups is 1. The Morgan fingerprint density at radius 3 is 2.86 bits per heavy atom. The third-order valence-electron chi connectivity index (χ3n) is 3.64. The second-order valence-electron chi connectivity index (χ2n) is 5.06. The quantitative estimate of drug-likeness (QED) is 0.688. The molecule has 1 atom stereocenters. The van der Waals surface area contributed by atoms with Crippen molar-refractivity contribution in [3.05, 3.63) is 35.4 Å². The Morgan fingerprint density at radius 1 is 1.48 bits per heavy atom. The van der Waals surface area contributed by atoms with Crippen molar-refractivity contribution in [3.8, 4) is 6.07 Å². The maximum absolute atomic E-state index is 8.81. The molecule has 0 aromatic heterocycles. The van der Waals surface area contributed by atoms with Gasteiger partial charge in [0.1, 0.15) is 0 Å². The molecule has 0 radical (unpaired) electrons. The lowest BCUT2D eigenvalue weighted by atomic mass is 10.1. The molecule has 1 heterocycles. The molecule has 112 valence electrons. The minimum absolute atomic E-state index is 0.696. The van der Waals surface area contributed by atoms with Crippen LogP contribution in [0.1, 0.15) is 24.5 Å². The summed E-state index contributed by atoms with van der Waals surface area (Å²) in [4.78, 5) is 6.74. The molecule has 1 N–H and O–H groups in total. The lowest BCUT2D eigenvalue weighted by molar-refractivity contribution is 0.408. The summed E-state index contributed by atoms with van der Waals surface area (Å²) in [6.07, 6.45) is 1.20. The van der Waals surface area contributed by atoms with E-state index in [1.54, 1.807) is 0 Å². The zero-order valence-corrected chi connectivity index (χ0v) is 13.5. The van der Waals surface area contributed by atoms with Crippen LogP contribution >= 0.6 is 11.8 Å². The average Bonchev–Trinajstić information content (AvgIpc) is 2.56. The summed E-state index contributed by atoms with van der Waals surface area (Å²) in [6, 6.07) is 9.81. The van der Waals surface area contributed by atoms with E-state index in [9.17, 15) is 0 Å². The first kappa shape index (κ1) is 15.7. The number of nitriles is 1. The van der Waals surface area contributed by atoms with Crippen LogP contribution in [-0.4, -0.2) is 42.0 Å². The van der Waals surface area contributed by atoms with Gasteiger partial charge in [-0.3, -0.25) is 4.99 Å². The van der Waals surface area contributed by atoms with E-state index in [2.05, 4.69) is 40.0 Å². The van der Waals surface area contributed by atoms with Gasteiger partial charge in [-0.05, 0) is 24.1 Å². The van der Waals surface area contributed by atoms with E-state index < -0.39 is 0 Å². The van der Waals surface area contributed by atoms with Crippen LogP contribution in [0.25, 0.3) is 0 Å². The van der Waals surface area contributed by atoms with Crippen molar-refractivity contribution < 1.29 is 0 Å². The predicted octanol–water partition coefficient (Wildman–Crippen LogP) is 2.46. The third kappa shape index (κ3) is 4.40. The Kier molecular flexibility index (Phi) is 5.94. The molecule has 4 nitrogen and oxygen atoms in total. The molecule has 1 saturated heterocycles. The van der Waals surface area contributed by atoms with Crippen LogP contribution in [0.15, 0.2) is 29.3 Å². The van der Waals surface area contributed by atoms with Crippen LogP contribution < -0.4 is 5.32 Å². The zero-order chi connectivity index (χ0) is 15.1. The first-order valence-corrected chi connectivity index (χ1v) is 8.38. The average molecular weight is 302 g/mol. The Balaban J connectivity index is 1.91. The van der Waals surface area contributed by atoms with E-state index in [1.807, 2.05) is 31.3 Å². The molecule has 5 heteroatoms. The molecule has 1 aromatic rings. The third-order valence-corrected chi connectivity index (χ3v) is 5.01.